The predicted octanol–water partition coefficient (Wildman–Crippen LogP) is 2.95. The van der Waals surface area contributed by atoms with Crippen LogP contribution in [0.5, 0.6) is 0 Å². The molecule has 1 heterocycles. The van der Waals surface area contributed by atoms with E-state index in [1.807, 2.05) is 23.1 Å². The van der Waals surface area contributed by atoms with Crippen molar-refractivity contribution in [2.24, 2.45) is 0 Å². The normalized spacial score (nSPS) is 17.9. The van der Waals surface area contributed by atoms with Gasteiger partial charge in [0, 0.05) is 32.7 Å². The van der Waals surface area contributed by atoms with E-state index in [-0.39, 0.29) is 12.1 Å². The minimum atomic E-state index is 0.00863. The van der Waals surface area contributed by atoms with Crippen LogP contribution in [0.25, 0.3) is 0 Å². The van der Waals surface area contributed by atoms with Gasteiger partial charge in [-0.1, -0.05) is 54.6 Å². The molecule has 1 N–H and O–H groups in total. The summed E-state index contributed by atoms with van der Waals surface area (Å²) in [5.41, 5.74) is 3.58. The molecule has 2 aromatic rings. The van der Waals surface area contributed by atoms with E-state index in [2.05, 4.69) is 72.7 Å². The number of carbonyl (C=O) groups excluding carboxylic acids is 1. The Balaban J connectivity index is 1.62. The minimum Gasteiger partial charge on any atom is -0.334 e. The SMILES string of the molecule is CN(C)Cc1ccc(CNC(=O)N2CCN(C)CC2c2ccccc2)cc1. The molecule has 0 aliphatic carbocycles. The van der Waals surface area contributed by atoms with Crippen molar-refractivity contribution in [2.75, 3.05) is 40.8 Å². The fraction of sp³-hybridized carbons (Fsp3) is 0.409. The molecule has 2 aromatic carbocycles. The van der Waals surface area contributed by atoms with Crippen molar-refractivity contribution in [2.45, 2.75) is 19.1 Å². The van der Waals surface area contributed by atoms with Crippen LogP contribution in [0.15, 0.2) is 54.6 Å². The number of benzene rings is 2. The van der Waals surface area contributed by atoms with Crippen LogP contribution in [0.1, 0.15) is 22.7 Å². The van der Waals surface area contributed by atoms with Crippen LogP contribution in [0.4, 0.5) is 4.79 Å². The third-order valence-electron chi connectivity index (χ3n) is 4.99. The van der Waals surface area contributed by atoms with Crippen molar-refractivity contribution in [3.8, 4) is 0 Å². The summed E-state index contributed by atoms with van der Waals surface area (Å²) in [5.74, 6) is 0. The molecular weight excluding hydrogens is 336 g/mol. The van der Waals surface area contributed by atoms with Crippen LogP contribution in [0.3, 0.4) is 0 Å². The Labute approximate surface area is 162 Å². The highest BCUT2D eigenvalue weighted by molar-refractivity contribution is 5.75. The zero-order chi connectivity index (χ0) is 19.2. The van der Waals surface area contributed by atoms with E-state index in [4.69, 9.17) is 0 Å². The molecule has 5 nitrogen and oxygen atoms in total. The second-order valence-corrected chi connectivity index (χ2v) is 7.60. The standard InChI is InChI=1S/C22H30N4O/c1-24(2)16-19-11-9-18(10-12-19)15-23-22(27)26-14-13-25(3)17-21(26)20-7-5-4-6-8-20/h4-12,21H,13-17H2,1-3H3,(H,23,27). The first kappa shape index (κ1) is 19.4. The van der Waals surface area contributed by atoms with Gasteiger partial charge in [-0.3, -0.25) is 0 Å². The fourth-order valence-electron chi connectivity index (χ4n) is 3.53. The van der Waals surface area contributed by atoms with Crippen LogP contribution in [0, 0.1) is 0 Å². The Morgan fingerprint density at radius 2 is 1.70 bits per heavy atom. The molecule has 1 fully saturated rings. The molecule has 144 valence electrons. The highest BCUT2D eigenvalue weighted by atomic mass is 16.2. The van der Waals surface area contributed by atoms with Crippen molar-refractivity contribution in [3.63, 3.8) is 0 Å². The fourth-order valence-corrected chi connectivity index (χ4v) is 3.53. The smallest absolute Gasteiger partial charge is 0.318 e. The maximum Gasteiger partial charge on any atom is 0.318 e. The molecule has 0 radical (unpaired) electrons. The Bertz CT molecular complexity index is 730. The number of rotatable bonds is 5. The van der Waals surface area contributed by atoms with E-state index in [1.54, 1.807) is 0 Å². The highest BCUT2D eigenvalue weighted by Gasteiger charge is 2.29. The van der Waals surface area contributed by atoms with E-state index >= 15 is 0 Å². The van der Waals surface area contributed by atoms with E-state index in [9.17, 15) is 4.79 Å². The van der Waals surface area contributed by atoms with Gasteiger partial charge < -0.3 is 20.0 Å². The minimum absolute atomic E-state index is 0.00863. The molecule has 27 heavy (non-hydrogen) atoms. The number of hydrogen-bond acceptors (Lipinski definition) is 3. The molecule has 5 heteroatoms. The van der Waals surface area contributed by atoms with Crippen molar-refractivity contribution in [1.29, 1.82) is 0 Å². The summed E-state index contributed by atoms with van der Waals surface area (Å²) in [6, 6.07) is 18.8. The highest BCUT2D eigenvalue weighted by Crippen LogP contribution is 2.24. The zero-order valence-electron chi connectivity index (χ0n) is 16.6. The molecule has 0 spiro atoms. The van der Waals surface area contributed by atoms with E-state index in [0.717, 1.165) is 31.7 Å². The Morgan fingerprint density at radius 3 is 2.37 bits per heavy atom. The molecule has 1 unspecified atom stereocenters. The van der Waals surface area contributed by atoms with Crippen LogP contribution in [-0.4, -0.2) is 61.5 Å². The summed E-state index contributed by atoms with van der Waals surface area (Å²) in [6.07, 6.45) is 0. The van der Waals surface area contributed by atoms with E-state index < -0.39 is 0 Å². The van der Waals surface area contributed by atoms with Crippen LogP contribution in [0.2, 0.25) is 0 Å². The lowest BCUT2D eigenvalue weighted by molar-refractivity contribution is 0.108. The lowest BCUT2D eigenvalue weighted by atomic mass is 10.0. The summed E-state index contributed by atoms with van der Waals surface area (Å²) < 4.78 is 0. The molecule has 1 aliphatic heterocycles. The van der Waals surface area contributed by atoms with Gasteiger partial charge >= 0.3 is 6.03 Å². The second-order valence-electron chi connectivity index (χ2n) is 7.60. The number of carbonyl (C=O) groups is 1. The summed E-state index contributed by atoms with van der Waals surface area (Å²) in [6.45, 7) is 3.97. The van der Waals surface area contributed by atoms with Crippen LogP contribution >= 0.6 is 0 Å². The van der Waals surface area contributed by atoms with Gasteiger partial charge in [0.25, 0.3) is 0 Å². The second kappa shape index (κ2) is 9.02. The first-order chi connectivity index (χ1) is 13.0. The lowest BCUT2D eigenvalue weighted by Crippen LogP contribution is -2.52. The number of nitrogens with zero attached hydrogens (tertiary/aromatic N) is 3. The third-order valence-corrected chi connectivity index (χ3v) is 4.99. The quantitative estimate of drug-likeness (QED) is 0.884. The molecule has 3 rings (SSSR count). The molecule has 0 bridgehead atoms. The molecule has 1 aliphatic rings. The Kier molecular flexibility index (Phi) is 6.48. The lowest BCUT2D eigenvalue weighted by Gasteiger charge is -2.40. The predicted molar refractivity (Wildman–Crippen MR) is 109 cm³/mol. The first-order valence-corrected chi connectivity index (χ1v) is 9.53. The number of piperazine rings is 1. The average molecular weight is 367 g/mol. The number of amides is 2. The zero-order valence-corrected chi connectivity index (χ0v) is 16.6. The molecule has 1 saturated heterocycles. The van der Waals surface area contributed by atoms with Crippen molar-refractivity contribution in [1.82, 2.24) is 20.0 Å². The summed E-state index contributed by atoms with van der Waals surface area (Å²) in [4.78, 5) is 19.3. The van der Waals surface area contributed by atoms with Gasteiger partial charge in [0.2, 0.25) is 0 Å². The van der Waals surface area contributed by atoms with Gasteiger partial charge in [-0.2, -0.15) is 0 Å². The summed E-state index contributed by atoms with van der Waals surface area (Å²) in [5, 5.41) is 3.10. The molecule has 0 saturated carbocycles. The number of urea groups is 1. The van der Waals surface area contributed by atoms with Gasteiger partial charge in [0.15, 0.2) is 0 Å². The molecular formula is C22H30N4O. The van der Waals surface area contributed by atoms with Crippen molar-refractivity contribution >= 4 is 6.03 Å². The number of nitrogens with one attached hydrogen (secondary N) is 1. The van der Waals surface area contributed by atoms with Crippen molar-refractivity contribution in [3.05, 3.63) is 71.3 Å². The summed E-state index contributed by atoms with van der Waals surface area (Å²) >= 11 is 0. The maximum atomic E-state index is 12.9. The Hall–Kier alpha value is -2.37. The molecule has 0 aromatic heterocycles. The van der Waals surface area contributed by atoms with Gasteiger partial charge in [-0.15, -0.1) is 0 Å². The van der Waals surface area contributed by atoms with Crippen LogP contribution < -0.4 is 5.32 Å². The monoisotopic (exact) mass is 366 g/mol. The number of likely N-dealkylation sites (N-methyl/N-ethyl adjacent to an activating group) is 1. The van der Waals surface area contributed by atoms with Gasteiger partial charge in [-0.25, -0.2) is 4.79 Å². The average Bonchev–Trinajstić information content (AvgIpc) is 2.67. The van der Waals surface area contributed by atoms with Crippen molar-refractivity contribution < 1.29 is 4.79 Å². The number of hydrogen-bond donors (Lipinski definition) is 1. The third kappa shape index (κ3) is 5.31. The van der Waals surface area contributed by atoms with Gasteiger partial charge in [-0.05, 0) is 37.8 Å². The molecule has 1 atom stereocenters. The molecule has 2 amide bonds. The van der Waals surface area contributed by atoms with E-state index in [1.165, 1.54) is 11.1 Å². The van der Waals surface area contributed by atoms with E-state index in [0.29, 0.717) is 6.54 Å². The van der Waals surface area contributed by atoms with Crippen LogP contribution in [-0.2, 0) is 13.1 Å². The van der Waals surface area contributed by atoms with Gasteiger partial charge in [0.1, 0.15) is 0 Å². The maximum absolute atomic E-state index is 12.9. The first-order valence-electron chi connectivity index (χ1n) is 9.53. The largest absolute Gasteiger partial charge is 0.334 e. The summed E-state index contributed by atoms with van der Waals surface area (Å²) in [7, 11) is 6.24. The van der Waals surface area contributed by atoms with Gasteiger partial charge in [0.05, 0.1) is 6.04 Å². The Morgan fingerprint density at radius 1 is 1.04 bits per heavy atom. The topological polar surface area (TPSA) is 38.8 Å².